The zero-order valence-corrected chi connectivity index (χ0v) is 10.4. The van der Waals surface area contributed by atoms with Crippen LogP contribution in [0.4, 0.5) is 0 Å². The van der Waals surface area contributed by atoms with E-state index in [0.29, 0.717) is 5.41 Å². The highest BCUT2D eigenvalue weighted by Crippen LogP contribution is 2.31. The van der Waals surface area contributed by atoms with Crippen LogP contribution in [0.1, 0.15) is 19.8 Å². The summed E-state index contributed by atoms with van der Waals surface area (Å²) in [6.45, 7) is 9.73. The molecular weight excluding hydrogens is 206 g/mol. The molecule has 0 spiro atoms. The second-order valence-electron chi connectivity index (χ2n) is 4.24. The Balaban J connectivity index is 2.01. The number of nitrogens with one attached hydrogen (secondary N) is 1. The molecule has 0 amide bonds. The van der Waals surface area contributed by atoms with Gasteiger partial charge in [0, 0.05) is 25.8 Å². The lowest BCUT2D eigenvalue weighted by molar-refractivity contribution is -0.150. The van der Waals surface area contributed by atoms with Gasteiger partial charge in [0.25, 0.3) is 0 Å². The first-order valence-corrected chi connectivity index (χ1v) is 5.83. The van der Waals surface area contributed by atoms with Gasteiger partial charge in [0.1, 0.15) is 0 Å². The van der Waals surface area contributed by atoms with Gasteiger partial charge in [-0.05, 0) is 12.8 Å². The van der Waals surface area contributed by atoms with Crippen LogP contribution >= 0.6 is 0 Å². The van der Waals surface area contributed by atoms with Gasteiger partial charge in [-0.3, -0.25) is 0 Å². The Labute approximate surface area is 97.8 Å². The highest BCUT2D eigenvalue weighted by atomic mass is 16.5. The molecule has 1 N–H and O–H groups in total. The molecule has 0 aliphatic carbocycles. The summed E-state index contributed by atoms with van der Waals surface area (Å²) in [5.41, 5.74) is 3.21. The summed E-state index contributed by atoms with van der Waals surface area (Å²) in [5, 5.41) is 5.49. The number of rotatable bonds is 9. The number of nitrogens with zero attached hydrogens (tertiary/aromatic N) is 2. The van der Waals surface area contributed by atoms with Crippen molar-refractivity contribution in [2.45, 2.75) is 19.8 Å². The Morgan fingerprint density at radius 1 is 1.56 bits per heavy atom. The molecule has 0 bridgehead atoms. The van der Waals surface area contributed by atoms with E-state index < -0.39 is 0 Å². The van der Waals surface area contributed by atoms with Crippen molar-refractivity contribution in [3.8, 4) is 0 Å². The highest BCUT2D eigenvalue weighted by molar-refractivity contribution is 5.22. The van der Waals surface area contributed by atoms with Gasteiger partial charge < -0.3 is 9.47 Å². The molecule has 0 radical (unpaired) electrons. The molecule has 1 aliphatic rings. The average Bonchev–Trinajstić information content (AvgIpc) is 2.26. The molecule has 16 heavy (non-hydrogen) atoms. The van der Waals surface area contributed by atoms with Gasteiger partial charge in [0.15, 0.2) is 0 Å². The molecule has 0 aromatic rings. The predicted molar refractivity (Wildman–Crippen MR) is 64.3 cm³/mol. The quantitative estimate of drug-likeness (QED) is 0.362. The molecule has 1 aliphatic heterocycles. The third-order valence-corrected chi connectivity index (χ3v) is 3.06. The Bertz CT molecular complexity index is 202. The normalized spacial score (nSPS) is 17.9. The Hall–Kier alpha value is -0.650. The van der Waals surface area contributed by atoms with Crippen LogP contribution in [0.5, 0.6) is 0 Å². The van der Waals surface area contributed by atoms with Crippen molar-refractivity contribution >= 4 is 6.72 Å². The minimum atomic E-state index is 0.291. The maximum absolute atomic E-state index is 5.67. The van der Waals surface area contributed by atoms with Gasteiger partial charge in [0.05, 0.1) is 26.4 Å². The molecule has 1 saturated heterocycles. The third kappa shape index (κ3) is 3.73. The Kier molecular flexibility index (Phi) is 5.73. The molecule has 0 atom stereocenters. The van der Waals surface area contributed by atoms with Crippen molar-refractivity contribution in [1.82, 2.24) is 10.5 Å². The molecule has 1 rings (SSSR count). The zero-order chi connectivity index (χ0) is 11.9. The number of hydrogen-bond donors (Lipinski definition) is 1. The summed E-state index contributed by atoms with van der Waals surface area (Å²) in [7, 11) is 1.83. The van der Waals surface area contributed by atoms with E-state index in [4.69, 9.17) is 9.47 Å². The van der Waals surface area contributed by atoms with Crippen molar-refractivity contribution in [1.29, 1.82) is 0 Å². The van der Waals surface area contributed by atoms with E-state index in [1.165, 1.54) is 0 Å². The van der Waals surface area contributed by atoms with Crippen molar-refractivity contribution in [3.63, 3.8) is 0 Å². The summed E-state index contributed by atoms with van der Waals surface area (Å²) in [6, 6.07) is 0. The van der Waals surface area contributed by atoms with Crippen molar-refractivity contribution in [2.75, 3.05) is 40.0 Å². The van der Waals surface area contributed by atoms with Crippen LogP contribution in [0.2, 0.25) is 0 Å². The van der Waals surface area contributed by atoms with Crippen LogP contribution < -0.4 is 5.43 Å². The Morgan fingerprint density at radius 3 is 2.75 bits per heavy atom. The second-order valence-corrected chi connectivity index (χ2v) is 4.24. The minimum absolute atomic E-state index is 0.291. The predicted octanol–water partition coefficient (Wildman–Crippen LogP) is 0.872. The van der Waals surface area contributed by atoms with Crippen LogP contribution in [0.3, 0.4) is 0 Å². The van der Waals surface area contributed by atoms with Gasteiger partial charge in [0.2, 0.25) is 0 Å². The van der Waals surface area contributed by atoms with Crippen LogP contribution in [-0.4, -0.2) is 51.9 Å². The fraction of sp³-hybridized carbons (Fsp3) is 0.909. The second kappa shape index (κ2) is 6.83. The first kappa shape index (κ1) is 13.4. The summed E-state index contributed by atoms with van der Waals surface area (Å²) >= 11 is 0. The lowest BCUT2D eigenvalue weighted by Gasteiger charge is -2.40. The summed E-state index contributed by atoms with van der Waals surface area (Å²) in [6.07, 6.45) is 2.07. The van der Waals surface area contributed by atoms with Crippen LogP contribution in [-0.2, 0) is 9.47 Å². The number of hydrazone groups is 1. The highest BCUT2D eigenvalue weighted by Gasteiger charge is 2.36. The lowest BCUT2D eigenvalue weighted by Crippen LogP contribution is -2.45. The molecule has 1 fully saturated rings. The molecule has 0 aromatic heterocycles. The first-order chi connectivity index (χ1) is 7.76. The van der Waals surface area contributed by atoms with E-state index >= 15 is 0 Å². The monoisotopic (exact) mass is 229 g/mol. The maximum atomic E-state index is 5.67. The van der Waals surface area contributed by atoms with Gasteiger partial charge >= 0.3 is 0 Å². The van der Waals surface area contributed by atoms with E-state index in [1.54, 1.807) is 5.12 Å². The SMILES string of the molecule is C=NN(CCCOCC1(CC)COC1)NC. The van der Waals surface area contributed by atoms with E-state index in [-0.39, 0.29) is 0 Å². The number of hydrazine groups is 1. The van der Waals surface area contributed by atoms with E-state index in [9.17, 15) is 0 Å². The smallest absolute Gasteiger partial charge is 0.0566 e. The van der Waals surface area contributed by atoms with E-state index in [0.717, 1.165) is 45.8 Å². The zero-order valence-electron chi connectivity index (χ0n) is 10.4. The lowest BCUT2D eigenvalue weighted by atomic mass is 9.84. The topological polar surface area (TPSA) is 46.1 Å². The number of ether oxygens (including phenoxy) is 2. The first-order valence-electron chi connectivity index (χ1n) is 5.83. The van der Waals surface area contributed by atoms with Gasteiger partial charge in [-0.2, -0.15) is 5.10 Å². The minimum Gasteiger partial charge on any atom is -0.381 e. The molecule has 0 saturated carbocycles. The standard InChI is InChI=1S/C11H23N3O2/c1-4-11(9-16-10-11)8-15-7-5-6-14(12-2)13-3/h13H,2,4-10H2,1,3H3. The van der Waals surface area contributed by atoms with Crippen molar-refractivity contribution in [2.24, 2.45) is 10.5 Å². The molecular formula is C11H23N3O2. The van der Waals surface area contributed by atoms with Gasteiger partial charge in [-0.15, -0.1) is 0 Å². The largest absolute Gasteiger partial charge is 0.381 e. The summed E-state index contributed by atoms with van der Waals surface area (Å²) < 4.78 is 10.9. The molecule has 0 aromatic carbocycles. The Morgan fingerprint density at radius 2 is 2.31 bits per heavy atom. The van der Waals surface area contributed by atoms with Crippen LogP contribution in [0.25, 0.3) is 0 Å². The van der Waals surface area contributed by atoms with E-state index in [2.05, 4.69) is 24.2 Å². The molecule has 0 unspecified atom stereocenters. The summed E-state index contributed by atoms with van der Waals surface area (Å²) in [4.78, 5) is 0. The third-order valence-electron chi connectivity index (χ3n) is 3.06. The fourth-order valence-electron chi connectivity index (χ4n) is 1.64. The fourth-order valence-corrected chi connectivity index (χ4v) is 1.64. The molecule has 1 heterocycles. The van der Waals surface area contributed by atoms with E-state index in [1.807, 2.05) is 7.05 Å². The van der Waals surface area contributed by atoms with Crippen molar-refractivity contribution < 1.29 is 9.47 Å². The van der Waals surface area contributed by atoms with Gasteiger partial charge in [-0.25, -0.2) is 10.5 Å². The number of hydrogen-bond acceptors (Lipinski definition) is 5. The average molecular weight is 229 g/mol. The van der Waals surface area contributed by atoms with Crippen molar-refractivity contribution in [3.05, 3.63) is 0 Å². The summed E-state index contributed by atoms with van der Waals surface area (Å²) in [5.74, 6) is 0. The van der Waals surface area contributed by atoms with Crippen LogP contribution in [0.15, 0.2) is 5.10 Å². The van der Waals surface area contributed by atoms with Gasteiger partial charge in [-0.1, -0.05) is 6.92 Å². The molecule has 94 valence electrons. The maximum Gasteiger partial charge on any atom is 0.0566 e. The molecule has 5 heteroatoms. The molecule has 5 nitrogen and oxygen atoms in total. The van der Waals surface area contributed by atoms with Crippen LogP contribution in [0, 0.1) is 5.41 Å².